The molecule has 0 fully saturated rings. The lowest BCUT2D eigenvalue weighted by Crippen LogP contribution is -1.96. The molecular formula is C12H9ClFNO2. The predicted octanol–water partition coefficient (Wildman–Crippen LogP) is 3.16. The highest BCUT2D eigenvalue weighted by atomic mass is 35.5. The quantitative estimate of drug-likeness (QED) is 0.914. The Morgan fingerprint density at radius 3 is 2.88 bits per heavy atom. The molecule has 0 atom stereocenters. The smallest absolute Gasteiger partial charge is 0.224 e. The van der Waals surface area contributed by atoms with Crippen molar-refractivity contribution in [3.63, 3.8) is 0 Å². The van der Waals surface area contributed by atoms with Gasteiger partial charge >= 0.3 is 0 Å². The van der Waals surface area contributed by atoms with E-state index in [0.29, 0.717) is 5.56 Å². The van der Waals surface area contributed by atoms with Gasteiger partial charge in [-0.25, -0.2) is 9.37 Å². The van der Waals surface area contributed by atoms with Gasteiger partial charge in [0.1, 0.15) is 0 Å². The SMILES string of the molecule is OCc1cccnc1Oc1cccc(Cl)c1F. The maximum absolute atomic E-state index is 13.6. The summed E-state index contributed by atoms with van der Waals surface area (Å²) in [5.74, 6) is -0.509. The zero-order chi connectivity index (χ0) is 12.3. The van der Waals surface area contributed by atoms with Crippen LogP contribution >= 0.6 is 11.6 Å². The van der Waals surface area contributed by atoms with E-state index in [2.05, 4.69) is 4.98 Å². The third-order valence-corrected chi connectivity index (χ3v) is 2.44. The lowest BCUT2D eigenvalue weighted by Gasteiger charge is -2.09. The zero-order valence-electron chi connectivity index (χ0n) is 8.73. The standard InChI is InChI=1S/C12H9ClFNO2/c13-9-4-1-5-10(11(9)14)17-12-8(7-16)3-2-6-15-12/h1-6,16H,7H2. The molecule has 5 heteroatoms. The van der Waals surface area contributed by atoms with E-state index in [0.717, 1.165) is 0 Å². The highest BCUT2D eigenvalue weighted by molar-refractivity contribution is 6.30. The maximum atomic E-state index is 13.6. The molecule has 1 N–H and O–H groups in total. The van der Waals surface area contributed by atoms with Crippen molar-refractivity contribution >= 4 is 11.6 Å². The molecule has 0 bridgehead atoms. The van der Waals surface area contributed by atoms with Crippen LogP contribution in [0.4, 0.5) is 4.39 Å². The molecular weight excluding hydrogens is 245 g/mol. The van der Waals surface area contributed by atoms with Crippen LogP contribution in [0.5, 0.6) is 11.6 Å². The largest absolute Gasteiger partial charge is 0.436 e. The highest BCUT2D eigenvalue weighted by Crippen LogP contribution is 2.29. The second-order valence-electron chi connectivity index (χ2n) is 3.28. The number of aliphatic hydroxyl groups excluding tert-OH is 1. The molecule has 0 unspecified atom stereocenters. The minimum absolute atomic E-state index is 0.0223. The lowest BCUT2D eigenvalue weighted by molar-refractivity contribution is 0.274. The van der Waals surface area contributed by atoms with Crippen LogP contribution in [0.25, 0.3) is 0 Å². The second-order valence-corrected chi connectivity index (χ2v) is 3.69. The topological polar surface area (TPSA) is 42.4 Å². The number of halogens is 2. The molecule has 3 nitrogen and oxygen atoms in total. The molecule has 88 valence electrons. The van der Waals surface area contributed by atoms with Gasteiger partial charge in [0.15, 0.2) is 11.6 Å². The fourth-order valence-corrected chi connectivity index (χ4v) is 1.47. The van der Waals surface area contributed by atoms with Crippen molar-refractivity contribution in [2.24, 2.45) is 0 Å². The van der Waals surface area contributed by atoms with Crippen molar-refractivity contribution in [1.82, 2.24) is 4.98 Å². The average Bonchev–Trinajstić information content (AvgIpc) is 2.35. The van der Waals surface area contributed by atoms with Crippen molar-refractivity contribution in [1.29, 1.82) is 0 Å². The molecule has 0 spiro atoms. The van der Waals surface area contributed by atoms with Crippen LogP contribution in [0.15, 0.2) is 36.5 Å². The molecule has 0 aliphatic carbocycles. The summed E-state index contributed by atoms with van der Waals surface area (Å²) < 4.78 is 18.9. The number of aliphatic hydroxyl groups is 1. The number of aromatic nitrogens is 1. The summed E-state index contributed by atoms with van der Waals surface area (Å²) in [6.45, 7) is -0.231. The zero-order valence-corrected chi connectivity index (χ0v) is 9.49. The van der Waals surface area contributed by atoms with Gasteiger partial charge in [-0.2, -0.15) is 0 Å². The first kappa shape index (κ1) is 11.8. The van der Waals surface area contributed by atoms with Crippen molar-refractivity contribution in [3.8, 4) is 11.6 Å². The van der Waals surface area contributed by atoms with Gasteiger partial charge in [0, 0.05) is 11.8 Å². The molecule has 0 amide bonds. The Bertz CT molecular complexity index is 534. The number of pyridine rings is 1. The van der Waals surface area contributed by atoms with Crippen molar-refractivity contribution < 1.29 is 14.2 Å². The summed E-state index contributed by atoms with van der Waals surface area (Å²) in [5.41, 5.74) is 0.479. The molecule has 2 aromatic rings. The van der Waals surface area contributed by atoms with Crippen molar-refractivity contribution in [2.75, 3.05) is 0 Å². The molecule has 2 rings (SSSR count). The minimum Gasteiger partial charge on any atom is -0.436 e. The van der Waals surface area contributed by atoms with Crippen LogP contribution in [-0.2, 0) is 6.61 Å². The summed E-state index contributed by atoms with van der Waals surface area (Å²) in [4.78, 5) is 3.92. The van der Waals surface area contributed by atoms with Crippen LogP contribution < -0.4 is 4.74 Å². The van der Waals surface area contributed by atoms with E-state index in [-0.39, 0.29) is 23.3 Å². The predicted molar refractivity (Wildman–Crippen MR) is 61.6 cm³/mol. The second kappa shape index (κ2) is 5.12. The van der Waals surface area contributed by atoms with Gasteiger partial charge in [0.05, 0.1) is 11.6 Å². The summed E-state index contributed by atoms with van der Waals surface area (Å²) >= 11 is 5.63. The van der Waals surface area contributed by atoms with Gasteiger partial charge in [0.2, 0.25) is 5.88 Å². The number of benzene rings is 1. The summed E-state index contributed by atoms with van der Waals surface area (Å²) in [5, 5.41) is 9.06. The minimum atomic E-state index is -0.649. The van der Waals surface area contributed by atoms with Crippen LogP contribution in [0.3, 0.4) is 0 Å². The van der Waals surface area contributed by atoms with E-state index >= 15 is 0 Å². The molecule has 0 saturated carbocycles. The van der Waals surface area contributed by atoms with Crippen LogP contribution in [0.2, 0.25) is 5.02 Å². The van der Waals surface area contributed by atoms with Gasteiger partial charge in [-0.3, -0.25) is 0 Å². The van der Waals surface area contributed by atoms with Crippen LogP contribution in [0.1, 0.15) is 5.56 Å². The molecule has 1 aromatic carbocycles. The lowest BCUT2D eigenvalue weighted by atomic mass is 10.3. The van der Waals surface area contributed by atoms with Crippen LogP contribution in [-0.4, -0.2) is 10.1 Å². The Hall–Kier alpha value is -1.65. The summed E-state index contributed by atoms with van der Waals surface area (Å²) in [7, 11) is 0. The maximum Gasteiger partial charge on any atom is 0.224 e. The number of hydrogen-bond donors (Lipinski definition) is 1. The molecule has 1 heterocycles. The first-order valence-electron chi connectivity index (χ1n) is 4.89. The van der Waals surface area contributed by atoms with E-state index in [1.807, 2.05) is 0 Å². The van der Waals surface area contributed by atoms with Gasteiger partial charge in [0.25, 0.3) is 0 Å². The Morgan fingerprint density at radius 2 is 2.12 bits per heavy atom. The molecule has 1 aromatic heterocycles. The fraction of sp³-hybridized carbons (Fsp3) is 0.0833. The van der Waals surface area contributed by atoms with Crippen molar-refractivity contribution in [3.05, 3.63) is 52.9 Å². The first-order valence-corrected chi connectivity index (χ1v) is 5.27. The van der Waals surface area contributed by atoms with E-state index in [1.54, 1.807) is 18.2 Å². The highest BCUT2D eigenvalue weighted by Gasteiger charge is 2.11. The fourth-order valence-electron chi connectivity index (χ4n) is 1.30. The third kappa shape index (κ3) is 2.54. The molecule has 17 heavy (non-hydrogen) atoms. The number of ether oxygens (including phenoxy) is 1. The normalized spacial score (nSPS) is 10.3. The first-order chi connectivity index (χ1) is 8.22. The van der Waals surface area contributed by atoms with Gasteiger partial charge in [-0.15, -0.1) is 0 Å². The van der Waals surface area contributed by atoms with Crippen LogP contribution in [0, 0.1) is 5.82 Å². The van der Waals surface area contributed by atoms with E-state index in [4.69, 9.17) is 21.4 Å². The van der Waals surface area contributed by atoms with Gasteiger partial charge < -0.3 is 9.84 Å². The van der Waals surface area contributed by atoms with Gasteiger partial charge in [-0.05, 0) is 24.3 Å². The molecule has 0 radical (unpaired) electrons. The Kier molecular flexibility index (Phi) is 3.56. The van der Waals surface area contributed by atoms with E-state index in [9.17, 15) is 4.39 Å². The molecule has 0 saturated heterocycles. The van der Waals surface area contributed by atoms with E-state index < -0.39 is 5.82 Å². The average molecular weight is 254 g/mol. The third-order valence-electron chi connectivity index (χ3n) is 2.14. The monoisotopic (exact) mass is 253 g/mol. The number of rotatable bonds is 3. The Morgan fingerprint density at radius 1 is 1.29 bits per heavy atom. The number of nitrogens with zero attached hydrogens (tertiary/aromatic N) is 1. The summed E-state index contributed by atoms with van der Waals surface area (Å²) in [6.07, 6.45) is 1.50. The molecule has 0 aliphatic heterocycles. The van der Waals surface area contributed by atoms with Crippen molar-refractivity contribution in [2.45, 2.75) is 6.61 Å². The van der Waals surface area contributed by atoms with Gasteiger partial charge in [-0.1, -0.05) is 17.7 Å². The summed E-state index contributed by atoms with van der Waals surface area (Å²) in [6, 6.07) is 7.74. The van der Waals surface area contributed by atoms with E-state index in [1.165, 1.54) is 18.3 Å². The Labute approximate surface area is 102 Å². The Balaban J connectivity index is 2.35. The molecule has 0 aliphatic rings. The number of hydrogen-bond acceptors (Lipinski definition) is 3.